The summed E-state index contributed by atoms with van der Waals surface area (Å²) in [6, 6.07) is 20.5. The van der Waals surface area contributed by atoms with Gasteiger partial charge in [-0.15, -0.1) is 0 Å². The van der Waals surface area contributed by atoms with Gasteiger partial charge >= 0.3 is 17.4 Å². The quantitative estimate of drug-likeness (QED) is 0.0341. The van der Waals surface area contributed by atoms with Gasteiger partial charge in [0.25, 0.3) is 0 Å². The van der Waals surface area contributed by atoms with Gasteiger partial charge in [0.2, 0.25) is 0 Å². The highest BCUT2D eigenvalue weighted by atomic mass is 16.6. The van der Waals surface area contributed by atoms with Gasteiger partial charge in [0, 0.05) is 71.0 Å². The summed E-state index contributed by atoms with van der Waals surface area (Å²) in [7, 11) is 0. The molecule has 4 heterocycles. The van der Waals surface area contributed by atoms with Crippen molar-refractivity contribution in [3.8, 4) is 23.0 Å². The number of carbonyl (C=O) groups excluding carboxylic acids is 1. The molecule has 1 aromatic heterocycles. The zero-order chi connectivity index (χ0) is 46.9. The first-order valence-corrected chi connectivity index (χ1v) is 21.2. The number of carbonyl (C=O) groups is 1. The molecular formula is C46H58N10O9. The molecule has 19 nitrogen and oxygen atoms in total. The number of benzene rings is 4. The van der Waals surface area contributed by atoms with Crippen LogP contribution in [0.5, 0.6) is 23.0 Å². The summed E-state index contributed by atoms with van der Waals surface area (Å²) < 4.78 is 16.8. The Kier molecular flexibility index (Phi) is 18.1. The number of nitrogen functional groups attached to an aromatic ring is 1. The number of nitro benzene ring substituents is 2. The lowest BCUT2D eigenvalue weighted by Gasteiger charge is -2.14. The lowest BCUT2D eigenvalue weighted by molar-refractivity contribution is -0.386. The summed E-state index contributed by atoms with van der Waals surface area (Å²) in [5.41, 5.74) is 11.6. The molecule has 0 unspecified atom stereocenters. The summed E-state index contributed by atoms with van der Waals surface area (Å²) in [4.78, 5) is 47.2. The molecular weight excluding hydrogens is 837 g/mol. The van der Waals surface area contributed by atoms with Crippen molar-refractivity contribution in [3.63, 3.8) is 0 Å². The topological polar surface area (TPSA) is 236 Å². The second-order valence-corrected chi connectivity index (χ2v) is 15.7. The Morgan fingerprint density at radius 1 is 0.631 bits per heavy atom. The summed E-state index contributed by atoms with van der Waals surface area (Å²) in [5, 5.41) is 35.5. The zero-order valence-electron chi connectivity index (χ0n) is 37.5. The van der Waals surface area contributed by atoms with E-state index in [0.29, 0.717) is 36.2 Å². The van der Waals surface area contributed by atoms with Crippen LogP contribution in [0.3, 0.4) is 0 Å². The van der Waals surface area contributed by atoms with Crippen LogP contribution in [-0.2, 0) is 0 Å². The zero-order valence-corrected chi connectivity index (χ0v) is 37.5. The molecule has 0 saturated carbocycles. The van der Waals surface area contributed by atoms with E-state index in [-0.39, 0.29) is 23.2 Å². The number of hydrogen-bond acceptors (Lipinski definition) is 15. The van der Waals surface area contributed by atoms with Crippen molar-refractivity contribution in [1.29, 1.82) is 0 Å². The smallest absolute Gasteiger partial charge is 0.324 e. The fourth-order valence-electron chi connectivity index (χ4n) is 5.80. The van der Waals surface area contributed by atoms with Crippen molar-refractivity contribution in [2.24, 2.45) is 0 Å². The Bertz CT molecular complexity index is 2370. The predicted octanol–water partition coefficient (Wildman–Crippen LogP) is 6.91. The lowest BCUT2D eigenvalue weighted by Crippen LogP contribution is -2.21. The average Bonchev–Trinajstić information content (AvgIpc) is 4.10. The summed E-state index contributed by atoms with van der Waals surface area (Å²) in [5.74, 6) is 1.93. The van der Waals surface area contributed by atoms with Gasteiger partial charge in [0.05, 0.1) is 39.3 Å². The first kappa shape index (κ1) is 48.9. The molecule has 5 N–H and O–H groups in total. The van der Waals surface area contributed by atoms with Crippen molar-refractivity contribution in [2.75, 3.05) is 95.1 Å². The highest BCUT2D eigenvalue weighted by Gasteiger charge is 2.20. The van der Waals surface area contributed by atoms with Gasteiger partial charge in [0.15, 0.2) is 17.3 Å². The third kappa shape index (κ3) is 17.9. The molecule has 3 aliphatic rings. The fourth-order valence-corrected chi connectivity index (χ4v) is 5.80. The maximum atomic E-state index is 12.2. The van der Waals surface area contributed by atoms with Crippen molar-refractivity contribution in [1.82, 2.24) is 24.7 Å². The van der Waals surface area contributed by atoms with Crippen molar-refractivity contribution in [2.45, 2.75) is 34.6 Å². The summed E-state index contributed by atoms with van der Waals surface area (Å²) >= 11 is 0. The molecule has 346 valence electrons. The Morgan fingerprint density at radius 3 is 1.58 bits per heavy atom. The van der Waals surface area contributed by atoms with Crippen LogP contribution < -0.4 is 30.6 Å². The number of ether oxygens (including phenoxy) is 3. The number of urea groups is 1. The molecule has 19 heteroatoms. The minimum atomic E-state index is -0.609. The van der Waals surface area contributed by atoms with Crippen LogP contribution in [0.15, 0.2) is 85.2 Å². The van der Waals surface area contributed by atoms with Gasteiger partial charge in [-0.1, -0.05) is 24.3 Å². The number of phenolic OH excluding ortho intramolecular Hbond substituents is 1. The van der Waals surface area contributed by atoms with Crippen LogP contribution in [0, 0.1) is 54.8 Å². The summed E-state index contributed by atoms with van der Waals surface area (Å²) in [6.07, 6.45) is 3.12. The van der Waals surface area contributed by atoms with Gasteiger partial charge in [-0.05, 0) is 93.3 Å². The number of anilines is 3. The largest absolute Gasteiger partial charge is 0.502 e. The first-order valence-electron chi connectivity index (χ1n) is 21.2. The maximum absolute atomic E-state index is 12.2. The SMILES string of the molecule is Cc1ccc(O)c([N+](=O)[O-])c1.Cc1ccc(OCCN2CC2)c(N)c1.Cc1ccc(OCCN2CC2)c(NC(=O)Nc2cnc(C)cn2)c1.Cc1ccc(OCCN2CC2)c([N+](=O)[O-])c1. The number of nitrogens with one attached hydrogen (secondary N) is 2. The molecule has 3 aliphatic heterocycles. The Balaban J connectivity index is 0.000000170. The van der Waals surface area contributed by atoms with E-state index in [2.05, 4.69) is 35.3 Å². The van der Waals surface area contributed by atoms with E-state index in [1.807, 2.05) is 70.2 Å². The van der Waals surface area contributed by atoms with E-state index in [4.69, 9.17) is 25.1 Å². The number of phenols is 1. The van der Waals surface area contributed by atoms with Gasteiger partial charge in [-0.3, -0.25) is 45.2 Å². The van der Waals surface area contributed by atoms with Crippen molar-refractivity contribution >= 4 is 34.6 Å². The van der Waals surface area contributed by atoms with E-state index in [1.165, 1.54) is 43.0 Å². The Labute approximate surface area is 378 Å². The van der Waals surface area contributed by atoms with Gasteiger partial charge in [-0.25, -0.2) is 9.78 Å². The minimum absolute atomic E-state index is 0.0470. The van der Waals surface area contributed by atoms with Crippen LogP contribution in [0.1, 0.15) is 27.9 Å². The van der Waals surface area contributed by atoms with E-state index in [1.54, 1.807) is 25.3 Å². The fraction of sp³-hybridized carbons (Fsp3) is 0.370. The normalized spacial score (nSPS) is 13.6. The molecule has 0 bridgehead atoms. The standard InChI is InChI=1S/C17H21N5O2.C11H14N2O3.C11H16N2O.C7H7NO3/c1-12-3-4-15(24-8-7-22-5-6-22)14(9-12)20-17(23)21-16-11-18-13(2)10-19-16;1-9-2-3-11(10(8-9)13(14)15)16-7-6-12-4-5-12;1-9-2-3-11(10(12)8-9)14-7-6-13-4-5-13;1-5-2-3-7(9)6(4-5)8(10)11/h3-4,9-11H,5-8H2,1-2H3,(H2,19,20,21,23);2-3,8H,4-7H2,1H3;2-3,8H,4-7,12H2,1H3;2-4,9H,1H3. The number of aromatic nitrogens is 2. The molecule has 2 amide bonds. The third-order valence-corrected chi connectivity index (χ3v) is 9.82. The number of nitrogens with two attached hydrogens (primary N) is 1. The van der Waals surface area contributed by atoms with Crippen LogP contribution >= 0.6 is 0 Å². The Morgan fingerprint density at radius 2 is 1.09 bits per heavy atom. The van der Waals surface area contributed by atoms with Crippen LogP contribution in [0.2, 0.25) is 0 Å². The highest BCUT2D eigenvalue weighted by molar-refractivity contribution is 6.00. The molecule has 0 radical (unpaired) electrons. The number of hydrogen-bond donors (Lipinski definition) is 4. The monoisotopic (exact) mass is 894 g/mol. The van der Waals surface area contributed by atoms with Crippen LogP contribution in [0.25, 0.3) is 0 Å². The number of amides is 2. The van der Waals surface area contributed by atoms with E-state index in [0.717, 1.165) is 86.2 Å². The molecule has 5 aromatic rings. The van der Waals surface area contributed by atoms with E-state index in [9.17, 15) is 25.0 Å². The Hall–Kier alpha value is -7.09. The molecule has 0 atom stereocenters. The minimum Gasteiger partial charge on any atom is -0.502 e. The second kappa shape index (κ2) is 24.1. The van der Waals surface area contributed by atoms with E-state index < -0.39 is 9.85 Å². The molecule has 3 saturated heterocycles. The summed E-state index contributed by atoms with van der Waals surface area (Å²) in [6.45, 7) is 20.9. The van der Waals surface area contributed by atoms with Crippen LogP contribution in [0.4, 0.5) is 33.4 Å². The number of nitro groups is 2. The molecule has 3 fully saturated rings. The predicted molar refractivity (Wildman–Crippen MR) is 249 cm³/mol. The van der Waals surface area contributed by atoms with Gasteiger partial charge in [-0.2, -0.15) is 0 Å². The molecule has 65 heavy (non-hydrogen) atoms. The average molecular weight is 895 g/mol. The molecule has 8 rings (SSSR count). The number of nitrogens with zero attached hydrogens (tertiary/aromatic N) is 7. The third-order valence-electron chi connectivity index (χ3n) is 9.82. The van der Waals surface area contributed by atoms with Crippen molar-refractivity contribution in [3.05, 3.63) is 133 Å². The highest BCUT2D eigenvalue weighted by Crippen LogP contribution is 2.29. The molecule has 0 aliphatic carbocycles. The van der Waals surface area contributed by atoms with Gasteiger partial charge in [0.1, 0.15) is 31.3 Å². The van der Waals surface area contributed by atoms with Crippen LogP contribution in [-0.4, -0.2) is 124 Å². The number of aromatic hydroxyl groups is 1. The molecule has 4 aromatic carbocycles. The first-order chi connectivity index (χ1) is 31.1. The molecule has 0 spiro atoms. The number of rotatable bonds is 16. The van der Waals surface area contributed by atoms with Gasteiger partial charge < -0.3 is 30.4 Å². The van der Waals surface area contributed by atoms with Crippen molar-refractivity contribution < 1.29 is 34.0 Å². The maximum Gasteiger partial charge on any atom is 0.324 e. The lowest BCUT2D eigenvalue weighted by atomic mass is 10.2. The van der Waals surface area contributed by atoms with E-state index >= 15 is 0 Å². The second-order valence-electron chi connectivity index (χ2n) is 15.7. The number of aryl methyl sites for hydroxylation is 5.